The maximum absolute atomic E-state index is 13.0. The van der Waals surface area contributed by atoms with Crippen molar-refractivity contribution in [3.05, 3.63) is 45.1 Å². The minimum atomic E-state index is -1.25. The molecule has 3 heterocycles. The van der Waals surface area contributed by atoms with Crippen molar-refractivity contribution in [2.24, 2.45) is 13.0 Å². The zero-order valence-corrected chi connectivity index (χ0v) is 17.0. The molecule has 30 heavy (non-hydrogen) atoms. The molecule has 158 valence electrons. The van der Waals surface area contributed by atoms with Crippen LogP contribution in [0.3, 0.4) is 0 Å². The summed E-state index contributed by atoms with van der Waals surface area (Å²) in [5, 5.41) is 9.11. The average molecular weight is 413 g/mol. The van der Waals surface area contributed by atoms with E-state index in [1.807, 2.05) is 36.1 Å². The molecule has 4 rings (SSSR count). The Morgan fingerprint density at radius 3 is 2.57 bits per heavy atom. The summed E-state index contributed by atoms with van der Waals surface area (Å²) in [7, 11) is 1.49. The molecule has 1 aliphatic heterocycles. The van der Waals surface area contributed by atoms with Gasteiger partial charge in [0.15, 0.2) is 11.2 Å². The topological polar surface area (TPSA) is 112 Å². The number of carboxylic acid groups (broad SMARTS) is 1. The highest BCUT2D eigenvalue weighted by atomic mass is 16.5. The molecule has 2 aromatic heterocycles. The van der Waals surface area contributed by atoms with Crippen molar-refractivity contribution in [1.29, 1.82) is 0 Å². The lowest BCUT2D eigenvalue weighted by Crippen LogP contribution is -2.41. The molecule has 0 saturated heterocycles. The Bertz CT molecular complexity index is 1240. The number of nitrogens with zero attached hydrogens (tertiary/aromatic N) is 5. The molecule has 0 amide bonds. The van der Waals surface area contributed by atoms with Gasteiger partial charge in [-0.05, 0) is 37.1 Å². The van der Waals surface area contributed by atoms with Crippen molar-refractivity contribution in [1.82, 2.24) is 18.7 Å². The first kappa shape index (κ1) is 19.7. The Morgan fingerprint density at radius 1 is 1.23 bits per heavy atom. The molecule has 10 heteroatoms. The fourth-order valence-corrected chi connectivity index (χ4v) is 3.89. The molecule has 1 N–H and O–H groups in total. The van der Waals surface area contributed by atoms with E-state index < -0.39 is 23.8 Å². The first-order valence-corrected chi connectivity index (χ1v) is 9.74. The van der Waals surface area contributed by atoms with Crippen LogP contribution in [0.5, 0.6) is 5.75 Å². The summed E-state index contributed by atoms with van der Waals surface area (Å²) in [5.74, 6) is 0.258. The summed E-state index contributed by atoms with van der Waals surface area (Å²) in [6, 6.07) is 7.60. The standard InChI is InChI=1S/C20H23N5O5/c1-4-30-14-7-5-13(6-8-14)23-9-12(2)10-24-16-17(21-19(23)24)22(3)20(29)25(18(16)28)11-15(26)27/h5-8,12H,4,9-11H2,1-3H3,(H,26,27)/t12-/m0/s1. The molecule has 1 atom stereocenters. The minimum Gasteiger partial charge on any atom is -0.494 e. The van der Waals surface area contributed by atoms with Crippen molar-refractivity contribution >= 4 is 28.8 Å². The smallest absolute Gasteiger partial charge is 0.333 e. The maximum atomic E-state index is 13.0. The number of anilines is 2. The third kappa shape index (κ3) is 3.14. The Morgan fingerprint density at radius 2 is 1.93 bits per heavy atom. The predicted molar refractivity (Wildman–Crippen MR) is 111 cm³/mol. The van der Waals surface area contributed by atoms with Crippen LogP contribution in [0.4, 0.5) is 11.6 Å². The molecular weight excluding hydrogens is 390 g/mol. The number of imidazole rings is 1. The van der Waals surface area contributed by atoms with E-state index in [1.165, 1.54) is 11.6 Å². The van der Waals surface area contributed by atoms with Crippen LogP contribution in [-0.4, -0.2) is 42.9 Å². The normalized spacial score (nSPS) is 16.0. The maximum Gasteiger partial charge on any atom is 0.333 e. The van der Waals surface area contributed by atoms with E-state index in [0.717, 1.165) is 16.0 Å². The van der Waals surface area contributed by atoms with Gasteiger partial charge >= 0.3 is 11.7 Å². The lowest BCUT2D eigenvalue weighted by Gasteiger charge is -2.33. The number of carboxylic acids is 1. The number of hydrogen-bond donors (Lipinski definition) is 1. The van der Waals surface area contributed by atoms with E-state index in [1.54, 1.807) is 4.57 Å². The van der Waals surface area contributed by atoms with Gasteiger partial charge in [0.2, 0.25) is 5.95 Å². The van der Waals surface area contributed by atoms with Gasteiger partial charge in [-0.15, -0.1) is 0 Å². The summed E-state index contributed by atoms with van der Waals surface area (Å²) in [6.07, 6.45) is 0. The Hall–Kier alpha value is -3.56. The molecule has 0 saturated carbocycles. The molecular formula is C20H23N5O5. The summed E-state index contributed by atoms with van der Waals surface area (Å²) in [6.45, 7) is 5.10. The van der Waals surface area contributed by atoms with Crippen molar-refractivity contribution in [3.63, 3.8) is 0 Å². The van der Waals surface area contributed by atoms with Crippen LogP contribution in [0.2, 0.25) is 0 Å². The lowest BCUT2D eigenvalue weighted by molar-refractivity contribution is -0.137. The van der Waals surface area contributed by atoms with E-state index in [9.17, 15) is 14.4 Å². The third-order valence-corrected chi connectivity index (χ3v) is 5.20. The molecule has 1 aromatic carbocycles. The monoisotopic (exact) mass is 413 g/mol. The summed E-state index contributed by atoms with van der Waals surface area (Å²) < 4.78 is 9.25. The molecule has 0 spiro atoms. The van der Waals surface area contributed by atoms with Crippen LogP contribution in [0, 0.1) is 5.92 Å². The fraction of sp³-hybridized carbons (Fsp3) is 0.400. The minimum absolute atomic E-state index is 0.200. The zero-order valence-electron chi connectivity index (χ0n) is 17.0. The first-order chi connectivity index (χ1) is 14.3. The third-order valence-electron chi connectivity index (χ3n) is 5.20. The molecule has 0 radical (unpaired) electrons. The molecule has 0 bridgehead atoms. The van der Waals surface area contributed by atoms with Crippen LogP contribution in [0.1, 0.15) is 13.8 Å². The highest BCUT2D eigenvalue weighted by Gasteiger charge is 2.30. The van der Waals surface area contributed by atoms with Gasteiger partial charge in [-0.3, -0.25) is 14.2 Å². The van der Waals surface area contributed by atoms with E-state index >= 15 is 0 Å². The molecule has 10 nitrogen and oxygen atoms in total. The number of ether oxygens (including phenoxy) is 1. The van der Waals surface area contributed by atoms with Crippen molar-refractivity contribution in [2.45, 2.75) is 26.9 Å². The average Bonchev–Trinajstić information content (AvgIpc) is 3.09. The predicted octanol–water partition coefficient (Wildman–Crippen LogP) is 1.17. The molecule has 0 fully saturated rings. The molecule has 0 aliphatic carbocycles. The quantitative estimate of drug-likeness (QED) is 0.668. The SMILES string of the molecule is CCOc1ccc(N2C[C@H](C)Cn3c2nc2c3c(=O)n(CC(=O)O)c(=O)n2C)cc1. The molecule has 1 aliphatic rings. The number of hydrogen-bond acceptors (Lipinski definition) is 6. The summed E-state index contributed by atoms with van der Waals surface area (Å²) in [5.41, 5.74) is 0.0148. The highest BCUT2D eigenvalue weighted by molar-refractivity contribution is 5.77. The van der Waals surface area contributed by atoms with Gasteiger partial charge in [-0.1, -0.05) is 6.92 Å². The van der Waals surface area contributed by atoms with Gasteiger partial charge in [0.25, 0.3) is 5.56 Å². The van der Waals surface area contributed by atoms with Gasteiger partial charge in [0, 0.05) is 25.8 Å². The number of aliphatic carboxylic acids is 1. The van der Waals surface area contributed by atoms with Gasteiger partial charge < -0.3 is 19.3 Å². The number of fused-ring (bicyclic) bond motifs is 3. The number of aromatic nitrogens is 4. The molecule has 3 aromatic rings. The van der Waals surface area contributed by atoms with Crippen molar-refractivity contribution in [3.8, 4) is 5.75 Å². The van der Waals surface area contributed by atoms with Crippen molar-refractivity contribution in [2.75, 3.05) is 18.1 Å². The van der Waals surface area contributed by atoms with E-state index in [4.69, 9.17) is 9.84 Å². The fourth-order valence-electron chi connectivity index (χ4n) is 3.89. The van der Waals surface area contributed by atoms with Gasteiger partial charge in [0.05, 0.1) is 6.61 Å². The van der Waals surface area contributed by atoms with Crippen LogP contribution in [0.15, 0.2) is 33.9 Å². The largest absolute Gasteiger partial charge is 0.494 e. The van der Waals surface area contributed by atoms with Crippen LogP contribution < -0.4 is 20.9 Å². The second-order valence-electron chi connectivity index (χ2n) is 7.46. The zero-order chi connectivity index (χ0) is 21.6. The lowest BCUT2D eigenvalue weighted by atomic mass is 10.1. The van der Waals surface area contributed by atoms with Crippen molar-refractivity contribution < 1.29 is 14.6 Å². The number of benzene rings is 1. The number of aryl methyl sites for hydroxylation is 1. The van der Waals surface area contributed by atoms with Crippen LogP contribution in [-0.2, 0) is 24.9 Å². The van der Waals surface area contributed by atoms with Crippen LogP contribution in [0.25, 0.3) is 11.2 Å². The number of rotatable bonds is 5. The summed E-state index contributed by atoms with van der Waals surface area (Å²) in [4.78, 5) is 43.3. The van der Waals surface area contributed by atoms with E-state index in [-0.39, 0.29) is 17.1 Å². The summed E-state index contributed by atoms with van der Waals surface area (Å²) >= 11 is 0. The Balaban J connectivity index is 1.92. The van der Waals surface area contributed by atoms with Gasteiger partial charge in [-0.2, -0.15) is 4.98 Å². The van der Waals surface area contributed by atoms with Gasteiger partial charge in [-0.25, -0.2) is 9.36 Å². The number of carbonyl (C=O) groups is 1. The first-order valence-electron chi connectivity index (χ1n) is 9.74. The Labute approximate surface area is 171 Å². The second kappa shape index (κ2) is 7.36. The van der Waals surface area contributed by atoms with Gasteiger partial charge in [0.1, 0.15) is 12.3 Å². The Kier molecular flexibility index (Phi) is 4.84. The molecule has 0 unspecified atom stereocenters. The second-order valence-corrected chi connectivity index (χ2v) is 7.46. The van der Waals surface area contributed by atoms with E-state index in [2.05, 4.69) is 11.9 Å². The van der Waals surface area contributed by atoms with E-state index in [0.29, 0.717) is 25.6 Å². The van der Waals surface area contributed by atoms with Crippen LogP contribution >= 0.6 is 0 Å². The highest BCUT2D eigenvalue weighted by Crippen LogP contribution is 2.33.